The lowest BCUT2D eigenvalue weighted by molar-refractivity contribution is 0.535. The molecule has 3 aromatic heterocycles. The lowest BCUT2D eigenvalue weighted by atomic mass is 9.92. The zero-order valence-corrected chi connectivity index (χ0v) is 21.0. The van der Waals surface area contributed by atoms with Crippen molar-refractivity contribution in [1.82, 2.24) is 24.6 Å². The number of fused-ring (bicyclic) bond motifs is 3. The molecule has 3 heterocycles. The van der Waals surface area contributed by atoms with Gasteiger partial charge in [-0.05, 0) is 47.0 Å². The lowest BCUT2D eigenvalue weighted by Gasteiger charge is -2.20. The third kappa shape index (κ3) is 3.94. The number of hydrogen-bond donors (Lipinski definition) is 1. The molecule has 0 unspecified atom stereocenters. The monoisotopic (exact) mass is 507 g/mol. The second kappa shape index (κ2) is 8.69. The Labute approximate surface area is 216 Å². The minimum absolute atomic E-state index is 0.320. The molecule has 0 aliphatic heterocycles. The largest absolute Gasteiger partial charge is 0.349 e. The highest BCUT2D eigenvalue weighted by molar-refractivity contribution is 5.98. The Morgan fingerprint density at radius 2 is 1.34 bits per heavy atom. The molecule has 0 spiro atoms. The average Bonchev–Trinajstić information content (AvgIpc) is 3.29. The Balaban J connectivity index is 1.73. The van der Waals surface area contributed by atoms with E-state index in [9.17, 15) is 13.6 Å². The topological polar surface area (TPSA) is 75.9 Å². The Bertz CT molecular complexity index is 1880. The summed E-state index contributed by atoms with van der Waals surface area (Å²) < 4.78 is 29.0. The number of pyridine rings is 1. The number of halogens is 2. The van der Waals surface area contributed by atoms with Crippen LogP contribution in [0, 0.1) is 11.6 Å². The molecule has 0 saturated carbocycles. The van der Waals surface area contributed by atoms with Gasteiger partial charge in [-0.25, -0.2) is 33.0 Å². The van der Waals surface area contributed by atoms with E-state index in [1.165, 1.54) is 28.7 Å². The van der Waals surface area contributed by atoms with Gasteiger partial charge in [-0.3, -0.25) is 0 Å². The van der Waals surface area contributed by atoms with Gasteiger partial charge in [0.15, 0.2) is 11.3 Å². The van der Waals surface area contributed by atoms with Gasteiger partial charge in [-0.2, -0.15) is 5.10 Å². The summed E-state index contributed by atoms with van der Waals surface area (Å²) in [6.07, 6.45) is 0. The van der Waals surface area contributed by atoms with E-state index in [-0.39, 0.29) is 17.3 Å². The van der Waals surface area contributed by atoms with Crippen LogP contribution in [0.25, 0.3) is 50.2 Å². The number of aromatic amines is 1. The molecule has 8 heteroatoms. The first kappa shape index (κ1) is 23.7. The quantitative estimate of drug-likeness (QED) is 0.295. The molecular weight excluding hydrogens is 484 g/mol. The minimum atomic E-state index is -0.469. The van der Waals surface area contributed by atoms with Gasteiger partial charge in [0.2, 0.25) is 0 Å². The van der Waals surface area contributed by atoms with Crippen molar-refractivity contribution >= 4 is 16.7 Å². The van der Waals surface area contributed by atoms with E-state index in [0.717, 1.165) is 27.8 Å². The zero-order valence-electron chi connectivity index (χ0n) is 21.0. The van der Waals surface area contributed by atoms with Gasteiger partial charge >= 0.3 is 5.69 Å². The summed E-state index contributed by atoms with van der Waals surface area (Å²) in [5.74, 6) is -0.147. The summed E-state index contributed by atoms with van der Waals surface area (Å²) in [7, 11) is 0. The number of nitrogens with zero attached hydrogens (tertiary/aromatic N) is 4. The van der Waals surface area contributed by atoms with Gasteiger partial charge in [-0.1, -0.05) is 69.3 Å². The maximum absolute atomic E-state index is 13.9. The van der Waals surface area contributed by atoms with Crippen LogP contribution >= 0.6 is 0 Å². The van der Waals surface area contributed by atoms with Crippen LogP contribution in [0.1, 0.15) is 26.6 Å². The summed E-state index contributed by atoms with van der Waals surface area (Å²) in [6.45, 7) is 5.91. The van der Waals surface area contributed by atoms with Crippen LogP contribution in [0.2, 0.25) is 0 Å². The van der Waals surface area contributed by atoms with Crippen molar-refractivity contribution in [2.24, 2.45) is 0 Å². The van der Waals surface area contributed by atoms with Crippen LogP contribution < -0.4 is 5.69 Å². The van der Waals surface area contributed by atoms with Crippen LogP contribution in [0.3, 0.4) is 0 Å². The molecule has 6 rings (SSSR count). The first-order valence-corrected chi connectivity index (χ1v) is 12.1. The third-order valence-corrected chi connectivity index (χ3v) is 6.50. The van der Waals surface area contributed by atoms with Crippen molar-refractivity contribution in [1.29, 1.82) is 0 Å². The van der Waals surface area contributed by atoms with Gasteiger partial charge in [0.05, 0.1) is 11.1 Å². The molecule has 0 aliphatic rings. The molecule has 1 N–H and O–H groups in total. The summed E-state index contributed by atoms with van der Waals surface area (Å²) in [5.41, 5.74) is 4.56. The molecule has 0 saturated heterocycles. The van der Waals surface area contributed by atoms with E-state index in [1.807, 2.05) is 51.1 Å². The van der Waals surface area contributed by atoms with E-state index in [2.05, 4.69) is 10.2 Å². The molecule has 0 atom stereocenters. The number of H-pyrrole nitrogens is 1. The number of aromatic nitrogens is 5. The Morgan fingerprint density at radius 1 is 0.763 bits per heavy atom. The summed E-state index contributed by atoms with van der Waals surface area (Å²) >= 11 is 0. The SMILES string of the molecule is CC(C)(C)c1nc2nc(-c3ccccc3-c3ccc(F)cc3)c(-c3ccc(F)cc3)cc2c2n[nH]c(=O)n12. The van der Waals surface area contributed by atoms with E-state index in [4.69, 9.17) is 9.97 Å². The van der Waals surface area contributed by atoms with Crippen LogP contribution in [-0.2, 0) is 5.41 Å². The molecule has 0 fully saturated rings. The highest BCUT2D eigenvalue weighted by atomic mass is 19.1. The Hall–Kier alpha value is -4.72. The van der Waals surface area contributed by atoms with E-state index < -0.39 is 5.41 Å². The molecule has 0 aliphatic carbocycles. The lowest BCUT2D eigenvalue weighted by Crippen LogP contribution is -2.25. The second-order valence-electron chi connectivity index (χ2n) is 10.2. The van der Waals surface area contributed by atoms with Crippen molar-refractivity contribution in [3.63, 3.8) is 0 Å². The number of nitrogens with one attached hydrogen (secondary N) is 1. The highest BCUT2D eigenvalue weighted by Gasteiger charge is 2.25. The van der Waals surface area contributed by atoms with Gasteiger partial charge in [-0.15, -0.1) is 0 Å². The Morgan fingerprint density at radius 3 is 1.95 bits per heavy atom. The molecular formula is C30H23F2N5O. The minimum Gasteiger partial charge on any atom is -0.246 e. The summed E-state index contributed by atoms with van der Waals surface area (Å²) in [4.78, 5) is 22.6. The Kier molecular flexibility index (Phi) is 5.41. The fourth-order valence-corrected chi connectivity index (χ4v) is 4.71. The van der Waals surface area contributed by atoms with Crippen molar-refractivity contribution in [3.05, 3.63) is 107 Å². The third-order valence-electron chi connectivity index (χ3n) is 6.50. The maximum atomic E-state index is 13.9. The van der Waals surface area contributed by atoms with E-state index >= 15 is 0 Å². The van der Waals surface area contributed by atoms with Crippen LogP contribution in [-0.4, -0.2) is 24.6 Å². The average molecular weight is 508 g/mol. The fraction of sp³-hybridized carbons (Fsp3) is 0.133. The van der Waals surface area contributed by atoms with Crippen molar-refractivity contribution < 1.29 is 8.78 Å². The van der Waals surface area contributed by atoms with Gasteiger partial charge < -0.3 is 0 Å². The molecule has 0 amide bonds. The second-order valence-corrected chi connectivity index (χ2v) is 10.2. The van der Waals surface area contributed by atoms with Crippen LogP contribution in [0.4, 0.5) is 8.78 Å². The van der Waals surface area contributed by atoms with E-state index in [0.29, 0.717) is 28.2 Å². The summed E-state index contributed by atoms with van der Waals surface area (Å²) in [6, 6.07) is 22.1. The van der Waals surface area contributed by atoms with Crippen molar-refractivity contribution in [2.45, 2.75) is 26.2 Å². The van der Waals surface area contributed by atoms with E-state index in [1.54, 1.807) is 24.3 Å². The number of rotatable bonds is 3. The first-order chi connectivity index (χ1) is 18.2. The van der Waals surface area contributed by atoms with Gasteiger partial charge in [0, 0.05) is 16.5 Å². The fourth-order valence-electron chi connectivity index (χ4n) is 4.71. The predicted molar refractivity (Wildman–Crippen MR) is 144 cm³/mol. The van der Waals surface area contributed by atoms with Crippen LogP contribution in [0.5, 0.6) is 0 Å². The van der Waals surface area contributed by atoms with Crippen molar-refractivity contribution in [2.75, 3.05) is 0 Å². The molecule has 3 aromatic carbocycles. The van der Waals surface area contributed by atoms with Crippen LogP contribution in [0.15, 0.2) is 83.7 Å². The maximum Gasteiger partial charge on any atom is 0.349 e. The zero-order chi connectivity index (χ0) is 26.6. The summed E-state index contributed by atoms with van der Waals surface area (Å²) in [5, 5.41) is 7.42. The molecule has 0 bridgehead atoms. The normalized spacial score (nSPS) is 11.9. The molecule has 6 aromatic rings. The van der Waals surface area contributed by atoms with Gasteiger partial charge in [0.25, 0.3) is 0 Å². The highest BCUT2D eigenvalue weighted by Crippen LogP contribution is 2.39. The predicted octanol–water partition coefficient (Wildman–Crippen LogP) is 6.54. The molecule has 0 radical (unpaired) electrons. The molecule has 38 heavy (non-hydrogen) atoms. The standard InChI is InChI=1S/C30H23F2N5O/c1-30(2,3)28-34-26-24(27-35-36-29(38)37(27)28)16-23(18-10-14-20(32)15-11-18)25(33-26)22-7-5-4-6-21(22)17-8-12-19(31)13-9-17/h4-16H,1-3H3,(H,36,38). The van der Waals surface area contributed by atoms with Gasteiger partial charge in [0.1, 0.15) is 17.5 Å². The smallest absolute Gasteiger partial charge is 0.246 e. The first-order valence-electron chi connectivity index (χ1n) is 12.1. The van der Waals surface area contributed by atoms with Crippen molar-refractivity contribution in [3.8, 4) is 33.5 Å². The molecule has 188 valence electrons. The molecule has 6 nitrogen and oxygen atoms in total. The number of hydrogen-bond acceptors (Lipinski definition) is 4. The number of benzene rings is 3.